The molecule has 1 saturated heterocycles. The van der Waals surface area contributed by atoms with Crippen molar-refractivity contribution in [3.05, 3.63) is 35.7 Å². The Kier molecular flexibility index (Phi) is 5.90. The average Bonchev–Trinajstić information content (AvgIpc) is 3.45. The fourth-order valence-corrected chi connectivity index (χ4v) is 4.21. The molecule has 0 aliphatic carbocycles. The number of aromatic nitrogens is 7. The van der Waals surface area contributed by atoms with E-state index in [1.807, 2.05) is 4.68 Å². The minimum atomic E-state index is 0.667. The number of hydrogen-bond donors (Lipinski definition) is 0. The molecule has 9 heteroatoms. The van der Waals surface area contributed by atoms with Crippen molar-refractivity contribution in [3.8, 4) is 5.69 Å². The van der Waals surface area contributed by atoms with Crippen LogP contribution in [0.1, 0.15) is 44.0 Å². The van der Waals surface area contributed by atoms with Crippen LogP contribution in [0.25, 0.3) is 5.69 Å². The van der Waals surface area contributed by atoms with Crippen LogP contribution >= 0.6 is 11.8 Å². The molecule has 3 aromatic rings. The van der Waals surface area contributed by atoms with Crippen molar-refractivity contribution in [2.24, 2.45) is 0 Å². The van der Waals surface area contributed by atoms with E-state index in [0.717, 1.165) is 55.1 Å². The van der Waals surface area contributed by atoms with Crippen molar-refractivity contribution in [2.45, 2.75) is 57.0 Å². The number of anilines is 1. The standard InChI is InChI=1S/C19H26N8S/c1-3-4-13-26-17(20-23-24-26)14-28-19-22-21-18(25-11-5-6-12-25)27(19)16-9-7-15(2)8-10-16/h7-10H,3-6,11-14H2,1-2H3. The first-order valence-corrected chi connectivity index (χ1v) is 10.9. The van der Waals surface area contributed by atoms with Gasteiger partial charge in [0.25, 0.3) is 0 Å². The Morgan fingerprint density at radius 2 is 1.82 bits per heavy atom. The van der Waals surface area contributed by atoms with Crippen LogP contribution < -0.4 is 4.90 Å². The van der Waals surface area contributed by atoms with Crippen LogP contribution in [-0.4, -0.2) is 48.1 Å². The van der Waals surface area contributed by atoms with Crippen LogP contribution in [0, 0.1) is 6.92 Å². The van der Waals surface area contributed by atoms with Gasteiger partial charge in [-0.1, -0.05) is 42.8 Å². The monoisotopic (exact) mass is 398 g/mol. The average molecular weight is 399 g/mol. The molecule has 0 saturated carbocycles. The lowest BCUT2D eigenvalue weighted by molar-refractivity contribution is 0.540. The smallest absolute Gasteiger partial charge is 0.232 e. The largest absolute Gasteiger partial charge is 0.341 e. The molecule has 0 bridgehead atoms. The molecular weight excluding hydrogens is 372 g/mol. The van der Waals surface area contributed by atoms with Gasteiger partial charge in [0, 0.05) is 19.6 Å². The molecule has 0 N–H and O–H groups in total. The van der Waals surface area contributed by atoms with Crippen LogP contribution in [0.5, 0.6) is 0 Å². The van der Waals surface area contributed by atoms with Gasteiger partial charge in [-0.05, 0) is 48.7 Å². The van der Waals surface area contributed by atoms with Gasteiger partial charge in [-0.25, -0.2) is 4.68 Å². The van der Waals surface area contributed by atoms with Crippen molar-refractivity contribution in [1.82, 2.24) is 35.0 Å². The zero-order chi connectivity index (χ0) is 19.3. The van der Waals surface area contributed by atoms with Gasteiger partial charge >= 0.3 is 0 Å². The lowest BCUT2D eigenvalue weighted by Crippen LogP contribution is -2.22. The zero-order valence-corrected chi connectivity index (χ0v) is 17.3. The molecule has 0 atom stereocenters. The quantitative estimate of drug-likeness (QED) is 0.539. The molecule has 0 spiro atoms. The maximum atomic E-state index is 4.53. The Hall–Kier alpha value is -2.42. The second-order valence-electron chi connectivity index (χ2n) is 7.11. The summed E-state index contributed by atoms with van der Waals surface area (Å²) in [6.07, 6.45) is 4.60. The fourth-order valence-electron chi connectivity index (χ4n) is 3.33. The predicted molar refractivity (Wildman–Crippen MR) is 110 cm³/mol. The van der Waals surface area contributed by atoms with Crippen LogP contribution in [-0.2, 0) is 12.3 Å². The van der Waals surface area contributed by atoms with E-state index in [1.165, 1.54) is 18.4 Å². The minimum absolute atomic E-state index is 0.667. The highest BCUT2D eigenvalue weighted by molar-refractivity contribution is 7.98. The Morgan fingerprint density at radius 1 is 1.04 bits per heavy atom. The molecule has 2 aromatic heterocycles. The Labute approximate surface area is 169 Å². The van der Waals surface area contributed by atoms with Gasteiger partial charge in [-0.2, -0.15) is 0 Å². The molecule has 0 radical (unpaired) electrons. The van der Waals surface area contributed by atoms with E-state index in [0.29, 0.717) is 5.75 Å². The number of rotatable bonds is 8. The van der Waals surface area contributed by atoms with Crippen LogP contribution in [0.2, 0.25) is 0 Å². The van der Waals surface area contributed by atoms with Gasteiger partial charge in [-0.15, -0.1) is 15.3 Å². The van der Waals surface area contributed by atoms with Crippen LogP contribution in [0.3, 0.4) is 0 Å². The first kappa shape index (κ1) is 18.9. The number of hydrogen-bond acceptors (Lipinski definition) is 7. The first-order chi connectivity index (χ1) is 13.8. The van der Waals surface area contributed by atoms with Gasteiger partial charge in [-0.3, -0.25) is 4.57 Å². The van der Waals surface area contributed by atoms with Gasteiger partial charge in [0.15, 0.2) is 11.0 Å². The summed E-state index contributed by atoms with van der Waals surface area (Å²) in [5.74, 6) is 2.47. The second kappa shape index (κ2) is 8.72. The summed E-state index contributed by atoms with van der Waals surface area (Å²) in [4.78, 5) is 2.32. The summed E-state index contributed by atoms with van der Waals surface area (Å²) in [5, 5.41) is 22.1. The number of unbranched alkanes of at least 4 members (excludes halogenated alkanes) is 1. The maximum Gasteiger partial charge on any atom is 0.232 e. The van der Waals surface area contributed by atoms with Crippen molar-refractivity contribution >= 4 is 17.7 Å². The molecule has 0 unspecified atom stereocenters. The molecule has 3 heterocycles. The van der Waals surface area contributed by atoms with E-state index in [-0.39, 0.29) is 0 Å². The maximum absolute atomic E-state index is 4.53. The van der Waals surface area contributed by atoms with Gasteiger partial charge < -0.3 is 4.90 Å². The van der Waals surface area contributed by atoms with Gasteiger partial charge in [0.1, 0.15) is 0 Å². The van der Waals surface area contributed by atoms with Crippen LogP contribution in [0.4, 0.5) is 5.95 Å². The number of thioether (sulfide) groups is 1. The van der Waals surface area contributed by atoms with E-state index in [2.05, 4.69) is 73.3 Å². The normalized spacial score (nSPS) is 14.1. The third kappa shape index (κ3) is 4.04. The summed E-state index contributed by atoms with van der Waals surface area (Å²) in [6, 6.07) is 8.52. The topological polar surface area (TPSA) is 77.5 Å². The molecule has 8 nitrogen and oxygen atoms in total. The number of tetrazole rings is 1. The van der Waals surface area contributed by atoms with E-state index >= 15 is 0 Å². The van der Waals surface area contributed by atoms with Crippen molar-refractivity contribution in [3.63, 3.8) is 0 Å². The molecular formula is C19H26N8S. The highest BCUT2D eigenvalue weighted by Crippen LogP contribution is 2.30. The van der Waals surface area contributed by atoms with E-state index in [4.69, 9.17) is 0 Å². The lowest BCUT2D eigenvalue weighted by Gasteiger charge is -2.18. The van der Waals surface area contributed by atoms with E-state index in [1.54, 1.807) is 11.8 Å². The fraction of sp³-hybridized carbons (Fsp3) is 0.526. The Bertz CT molecular complexity index is 895. The van der Waals surface area contributed by atoms with E-state index < -0.39 is 0 Å². The van der Waals surface area contributed by atoms with Gasteiger partial charge in [0.2, 0.25) is 5.95 Å². The number of benzene rings is 1. The summed E-state index contributed by atoms with van der Waals surface area (Å²) in [7, 11) is 0. The summed E-state index contributed by atoms with van der Waals surface area (Å²) in [5.41, 5.74) is 2.33. The molecule has 1 fully saturated rings. The van der Waals surface area contributed by atoms with Crippen molar-refractivity contribution in [2.75, 3.05) is 18.0 Å². The Morgan fingerprint density at radius 3 is 2.57 bits per heavy atom. The summed E-state index contributed by atoms with van der Waals surface area (Å²) < 4.78 is 4.06. The highest BCUT2D eigenvalue weighted by Gasteiger charge is 2.23. The molecule has 0 amide bonds. The van der Waals surface area contributed by atoms with E-state index in [9.17, 15) is 0 Å². The number of nitrogens with zero attached hydrogens (tertiary/aromatic N) is 8. The third-order valence-electron chi connectivity index (χ3n) is 4.96. The SMILES string of the molecule is CCCCn1nnnc1CSc1nnc(N2CCCC2)n1-c1ccc(C)cc1. The molecule has 1 aliphatic heterocycles. The van der Waals surface area contributed by atoms with Gasteiger partial charge in [0.05, 0.1) is 11.4 Å². The minimum Gasteiger partial charge on any atom is -0.341 e. The lowest BCUT2D eigenvalue weighted by atomic mass is 10.2. The predicted octanol–water partition coefficient (Wildman–Crippen LogP) is 3.25. The zero-order valence-electron chi connectivity index (χ0n) is 16.5. The molecule has 28 heavy (non-hydrogen) atoms. The molecule has 4 rings (SSSR count). The van der Waals surface area contributed by atoms with Crippen molar-refractivity contribution in [1.29, 1.82) is 0 Å². The van der Waals surface area contributed by atoms with Crippen molar-refractivity contribution < 1.29 is 0 Å². The first-order valence-electron chi connectivity index (χ1n) is 9.91. The third-order valence-corrected chi connectivity index (χ3v) is 5.88. The molecule has 1 aliphatic rings. The van der Waals surface area contributed by atoms with Crippen LogP contribution in [0.15, 0.2) is 29.4 Å². The number of aryl methyl sites for hydroxylation is 2. The molecule has 148 valence electrons. The summed E-state index contributed by atoms with van der Waals surface area (Å²) in [6.45, 7) is 7.18. The highest BCUT2D eigenvalue weighted by atomic mass is 32.2. The summed E-state index contributed by atoms with van der Waals surface area (Å²) >= 11 is 1.63. The molecule has 1 aromatic carbocycles. The second-order valence-corrected chi connectivity index (χ2v) is 8.05. The Balaban J connectivity index is 1.60.